The Morgan fingerprint density at radius 1 is 1.15 bits per heavy atom. The Bertz CT molecular complexity index is 701. The molecule has 4 aliphatic carbocycles. The molecular formula is C21H28N2O3. The fourth-order valence-electron chi connectivity index (χ4n) is 5.89. The van der Waals surface area contributed by atoms with Gasteiger partial charge in [0.25, 0.3) is 0 Å². The number of ether oxygens (including phenoxy) is 1. The number of carbonyl (C=O) groups excluding carboxylic acids is 2. The maximum atomic E-state index is 13.1. The monoisotopic (exact) mass is 356 g/mol. The molecule has 5 nitrogen and oxygen atoms in total. The van der Waals surface area contributed by atoms with Crippen molar-refractivity contribution < 1.29 is 14.3 Å². The summed E-state index contributed by atoms with van der Waals surface area (Å²) in [7, 11) is 0. The molecule has 140 valence electrons. The Balaban J connectivity index is 1.48. The molecule has 0 aliphatic heterocycles. The molecule has 5 rings (SSSR count). The largest absolute Gasteiger partial charge is 0.392 e. The van der Waals surface area contributed by atoms with Crippen LogP contribution in [0.2, 0.25) is 0 Å². The van der Waals surface area contributed by atoms with Crippen LogP contribution in [0, 0.1) is 23.2 Å². The molecule has 0 saturated heterocycles. The number of nitrogens with two attached hydrogens (primary N) is 2. The van der Waals surface area contributed by atoms with Gasteiger partial charge in [0.05, 0.1) is 5.41 Å². The van der Waals surface area contributed by atoms with Gasteiger partial charge in [0.1, 0.15) is 6.04 Å². The first-order chi connectivity index (χ1) is 12.3. The minimum absolute atomic E-state index is 0.342. The summed E-state index contributed by atoms with van der Waals surface area (Å²) in [6.45, 7) is 1.98. The molecule has 26 heavy (non-hydrogen) atoms. The van der Waals surface area contributed by atoms with Crippen LogP contribution in [0.3, 0.4) is 0 Å². The molecule has 4 N–H and O–H groups in total. The predicted octanol–water partition coefficient (Wildman–Crippen LogP) is 2.17. The van der Waals surface area contributed by atoms with E-state index in [9.17, 15) is 9.59 Å². The zero-order valence-corrected chi connectivity index (χ0v) is 15.3. The van der Waals surface area contributed by atoms with E-state index in [1.165, 1.54) is 6.42 Å². The Hall–Kier alpha value is -1.72. The van der Waals surface area contributed by atoms with Crippen LogP contribution in [-0.2, 0) is 20.7 Å². The van der Waals surface area contributed by atoms with E-state index in [0.717, 1.165) is 31.2 Å². The van der Waals surface area contributed by atoms with Crippen molar-refractivity contribution in [2.24, 2.45) is 34.6 Å². The van der Waals surface area contributed by atoms with E-state index in [-0.39, 0.29) is 0 Å². The van der Waals surface area contributed by atoms with Gasteiger partial charge in [-0.3, -0.25) is 4.79 Å². The van der Waals surface area contributed by atoms with Gasteiger partial charge in [-0.15, -0.1) is 0 Å². The average Bonchev–Trinajstić information content (AvgIpc) is 2.60. The smallest absolute Gasteiger partial charge is 0.330 e. The SMILES string of the molecule is CC1(N)C2CC3CC(C2)CC1(C(=O)OC(=O)[C@@H](N)Cc1ccccc1)C3. The first-order valence-corrected chi connectivity index (χ1v) is 9.66. The molecule has 0 amide bonds. The normalized spacial score (nSPS) is 38.8. The molecule has 4 bridgehead atoms. The lowest BCUT2D eigenvalue weighted by atomic mass is 9.42. The van der Waals surface area contributed by atoms with E-state index >= 15 is 0 Å². The lowest BCUT2D eigenvalue weighted by Crippen LogP contribution is -2.70. The van der Waals surface area contributed by atoms with Crippen LogP contribution in [0.4, 0.5) is 0 Å². The molecule has 1 aromatic carbocycles. The van der Waals surface area contributed by atoms with Gasteiger partial charge in [0.15, 0.2) is 0 Å². The third-order valence-electron chi connectivity index (χ3n) is 7.24. The highest BCUT2D eigenvalue weighted by atomic mass is 16.6. The molecule has 0 heterocycles. The third kappa shape index (κ3) is 2.69. The highest BCUT2D eigenvalue weighted by molar-refractivity contribution is 5.92. The van der Waals surface area contributed by atoms with E-state index in [2.05, 4.69) is 0 Å². The summed E-state index contributed by atoms with van der Waals surface area (Å²) in [4.78, 5) is 25.6. The van der Waals surface area contributed by atoms with E-state index in [0.29, 0.717) is 24.2 Å². The fourth-order valence-corrected chi connectivity index (χ4v) is 5.89. The summed E-state index contributed by atoms with van der Waals surface area (Å²) in [5, 5.41) is 0. The third-order valence-corrected chi connectivity index (χ3v) is 7.24. The van der Waals surface area contributed by atoms with E-state index < -0.39 is 28.9 Å². The van der Waals surface area contributed by atoms with Gasteiger partial charge < -0.3 is 16.2 Å². The lowest BCUT2D eigenvalue weighted by Gasteiger charge is -2.63. The minimum Gasteiger partial charge on any atom is -0.392 e. The van der Waals surface area contributed by atoms with Crippen LogP contribution in [0.5, 0.6) is 0 Å². The second-order valence-corrected chi connectivity index (χ2v) is 8.91. The highest BCUT2D eigenvalue weighted by Crippen LogP contribution is 2.64. The molecule has 4 saturated carbocycles. The van der Waals surface area contributed by atoms with Crippen LogP contribution in [0.1, 0.15) is 44.6 Å². The molecule has 1 aromatic rings. The van der Waals surface area contributed by atoms with Gasteiger partial charge in [-0.1, -0.05) is 30.3 Å². The average molecular weight is 356 g/mol. The van der Waals surface area contributed by atoms with Crippen molar-refractivity contribution in [1.82, 2.24) is 0 Å². The standard InChI is InChI=1S/C21H28N2O3/c1-20(23)16-8-14-7-15(9-16)12-21(20,11-14)19(25)26-18(24)17(22)10-13-5-3-2-4-6-13/h2-6,14-17H,7-12,22-23H2,1H3/t14?,15?,16?,17-,20?,21?/m0/s1. The van der Waals surface area contributed by atoms with E-state index in [1.807, 2.05) is 37.3 Å². The van der Waals surface area contributed by atoms with Crippen molar-refractivity contribution in [3.05, 3.63) is 35.9 Å². The molecule has 5 heteroatoms. The van der Waals surface area contributed by atoms with Gasteiger partial charge in [0, 0.05) is 5.54 Å². The predicted molar refractivity (Wildman–Crippen MR) is 97.8 cm³/mol. The maximum absolute atomic E-state index is 13.1. The van der Waals surface area contributed by atoms with Crippen LogP contribution in [0.25, 0.3) is 0 Å². The Kier molecular flexibility index (Phi) is 4.20. The number of rotatable bonds is 4. The summed E-state index contributed by atoms with van der Waals surface area (Å²) in [6.07, 6.45) is 5.22. The second-order valence-electron chi connectivity index (χ2n) is 8.91. The van der Waals surface area contributed by atoms with Gasteiger partial charge in [-0.25, -0.2) is 4.79 Å². The number of hydrogen-bond acceptors (Lipinski definition) is 5. The van der Waals surface area contributed by atoms with Gasteiger partial charge >= 0.3 is 11.9 Å². The summed E-state index contributed by atoms with van der Waals surface area (Å²) < 4.78 is 5.32. The van der Waals surface area contributed by atoms with Crippen LogP contribution >= 0.6 is 0 Å². The molecule has 3 unspecified atom stereocenters. The number of esters is 2. The van der Waals surface area contributed by atoms with Crippen molar-refractivity contribution in [2.75, 3.05) is 0 Å². The summed E-state index contributed by atoms with van der Waals surface area (Å²) in [6, 6.07) is 8.67. The van der Waals surface area contributed by atoms with Crippen molar-refractivity contribution in [2.45, 2.75) is 57.0 Å². The molecular weight excluding hydrogens is 328 g/mol. The first-order valence-electron chi connectivity index (χ1n) is 9.66. The van der Waals surface area contributed by atoms with Gasteiger partial charge in [-0.2, -0.15) is 0 Å². The number of hydrogen-bond donors (Lipinski definition) is 2. The highest BCUT2D eigenvalue weighted by Gasteiger charge is 2.66. The lowest BCUT2D eigenvalue weighted by molar-refractivity contribution is -0.190. The van der Waals surface area contributed by atoms with Crippen molar-refractivity contribution >= 4 is 11.9 Å². The van der Waals surface area contributed by atoms with Crippen LogP contribution < -0.4 is 11.5 Å². The number of carbonyl (C=O) groups is 2. The molecule has 4 fully saturated rings. The van der Waals surface area contributed by atoms with Crippen LogP contribution in [0.15, 0.2) is 30.3 Å². The Morgan fingerprint density at radius 3 is 2.38 bits per heavy atom. The Morgan fingerprint density at radius 2 is 1.77 bits per heavy atom. The molecule has 4 atom stereocenters. The minimum atomic E-state index is -0.848. The summed E-state index contributed by atoms with van der Waals surface area (Å²) >= 11 is 0. The summed E-state index contributed by atoms with van der Waals surface area (Å²) in [5.41, 5.74) is 12.3. The quantitative estimate of drug-likeness (QED) is 0.637. The summed E-state index contributed by atoms with van der Waals surface area (Å²) in [5.74, 6) is 0.310. The topological polar surface area (TPSA) is 95.4 Å². The molecule has 0 aromatic heterocycles. The maximum Gasteiger partial charge on any atom is 0.330 e. The molecule has 4 aliphatic rings. The van der Waals surface area contributed by atoms with Crippen molar-refractivity contribution in [3.63, 3.8) is 0 Å². The van der Waals surface area contributed by atoms with Crippen LogP contribution in [-0.4, -0.2) is 23.5 Å². The molecule has 0 radical (unpaired) electrons. The zero-order chi connectivity index (χ0) is 18.5. The fraction of sp³-hybridized carbons (Fsp3) is 0.619. The van der Waals surface area contributed by atoms with E-state index in [1.54, 1.807) is 0 Å². The van der Waals surface area contributed by atoms with Gasteiger partial charge in [-0.05, 0) is 68.8 Å². The van der Waals surface area contributed by atoms with E-state index in [4.69, 9.17) is 16.2 Å². The zero-order valence-electron chi connectivity index (χ0n) is 15.3. The van der Waals surface area contributed by atoms with Crippen molar-refractivity contribution in [3.8, 4) is 0 Å². The van der Waals surface area contributed by atoms with Gasteiger partial charge in [0.2, 0.25) is 0 Å². The second kappa shape index (κ2) is 6.17. The number of benzene rings is 1. The molecule has 0 spiro atoms. The van der Waals surface area contributed by atoms with Crippen molar-refractivity contribution in [1.29, 1.82) is 0 Å². The first kappa shape index (κ1) is 17.7. The Labute approximate surface area is 154 Å².